The summed E-state index contributed by atoms with van der Waals surface area (Å²) in [5.41, 5.74) is 1.19. The van der Waals surface area contributed by atoms with Crippen molar-refractivity contribution in [3.05, 3.63) is 46.8 Å². The summed E-state index contributed by atoms with van der Waals surface area (Å²) in [5.74, 6) is 0.425. The highest BCUT2D eigenvalue weighted by Crippen LogP contribution is 2.23. The molecule has 2 rings (SSSR count). The largest absolute Gasteiger partial charge is 0.493 e. The van der Waals surface area contributed by atoms with Gasteiger partial charge in [0.05, 0.1) is 18.1 Å². The van der Waals surface area contributed by atoms with E-state index in [1.807, 2.05) is 6.92 Å². The summed E-state index contributed by atoms with van der Waals surface area (Å²) >= 11 is 0. The van der Waals surface area contributed by atoms with Crippen molar-refractivity contribution in [1.82, 2.24) is 10.3 Å². The van der Waals surface area contributed by atoms with E-state index in [1.54, 1.807) is 31.5 Å². The van der Waals surface area contributed by atoms with Gasteiger partial charge in [0.25, 0.3) is 0 Å². The minimum Gasteiger partial charge on any atom is -0.493 e. The van der Waals surface area contributed by atoms with Crippen molar-refractivity contribution in [2.75, 3.05) is 27.4 Å². The highest BCUT2D eigenvalue weighted by atomic mass is 32.2. The zero-order chi connectivity index (χ0) is 18.3. The average Bonchev–Trinajstić information content (AvgIpc) is 2.61. The summed E-state index contributed by atoms with van der Waals surface area (Å²) < 4.78 is 41.1. The molecule has 2 heterocycles. The molecule has 0 aromatic carbocycles. The molecule has 0 amide bonds. The molecule has 0 saturated carbocycles. The Hall–Kier alpha value is -1.90. The molecule has 8 heteroatoms. The van der Waals surface area contributed by atoms with Crippen molar-refractivity contribution in [3.63, 3.8) is 0 Å². The van der Waals surface area contributed by atoms with Crippen molar-refractivity contribution < 1.29 is 22.6 Å². The van der Waals surface area contributed by atoms with E-state index in [4.69, 9.17) is 14.2 Å². The van der Waals surface area contributed by atoms with Gasteiger partial charge >= 0.3 is 0 Å². The summed E-state index contributed by atoms with van der Waals surface area (Å²) in [5, 5.41) is 2.96. The first-order chi connectivity index (χ1) is 12.0. The molecule has 1 atom stereocenters. The molecule has 0 radical (unpaired) electrons. The predicted molar refractivity (Wildman–Crippen MR) is 94.7 cm³/mol. The number of ether oxygens (including phenoxy) is 3. The van der Waals surface area contributed by atoms with Gasteiger partial charge in [0.2, 0.25) is 0 Å². The van der Waals surface area contributed by atoms with Gasteiger partial charge in [-0.3, -0.25) is 4.98 Å². The Morgan fingerprint density at radius 1 is 1.28 bits per heavy atom. The molecular formula is C17H24N2O5S. The number of allylic oxidation sites excluding steroid dienone is 2. The minimum absolute atomic E-state index is 0.120. The third kappa shape index (κ3) is 5.29. The molecule has 0 saturated heterocycles. The average molecular weight is 368 g/mol. The normalized spacial score (nSPS) is 17.1. The lowest BCUT2D eigenvalue weighted by Gasteiger charge is -2.20. The Morgan fingerprint density at radius 2 is 2.08 bits per heavy atom. The van der Waals surface area contributed by atoms with Gasteiger partial charge in [0.15, 0.2) is 9.84 Å². The fourth-order valence-corrected chi connectivity index (χ4v) is 3.70. The fourth-order valence-electron chi connectivity index (χ4n) is 2.32. The van der Waals surface area contributed by atoms with E-state index < -0.39 is 16.1 Å². The summed E-state index contributed by atoms with van der Waals surface area (Å²) in [7, 11) is -0.423. The molecule has 1 aromatic heterocycles. The number of methoxy groups -OCH3 is 2. The first-order valence-corrected chi connectivity index (χ1v) is 9.60. The van der Waals surface area contributed by atoms with Crippen molar-refractivity contribution >= 4 is 9.84 Å². The highest BCUT2D eigenvalue weighted by Gasteiger charge is 2.24. The molecule has 1 aromatic rings. The van der Waals surface area contributed by atoms with Crippen LogP contribution in [0.3, 0.4) is 0 Å². The second kappa shape index (κ2) is 8.98. The number of hydrogen-bond donors (Lipinski definition) is 1. The summed E-state index contributed by atoms with van der Waals surface area (Å²) in [6.45, 7) is 2.92. The van der Waals surface area contributed by atoms with E-state index in [1.165, 1.54) is 13.2 Å². The number of aromatic nitrogens is 1. The maximum absolute atomic E-state index is 12.7. The van der Waals surface area contributed by atoms with E-state index in [0.717, 1.165) is 12.0 Å². The van der Waals surface area contributed by atoms with Crippen LogP contribution in [0.5, 0.6) is 5.75 Å². The van der Waals surface area contributed by atoms with E-state index in [9.17, 15) is 8.42 Å². The van der Waals surface area contributed by atoms with Crippen molar-refractivity contribution in [2.24, 2.45) is 0 Å². The number of dihydropyridines is 1. The van der Waals surface area contributed by atoms with Crippen LogP contribution in [0.1, 0.15) is 17.7 Å². The first-order valence-electron chi connectivity index (χ1n) is 7.94. The molecular weight excluding hydrogens is 344 g/mol. The molecule has 7 nitrogen and oxygen atoms in total. The van der Waals surface area contributed by atoms with Gasteiger partial charge in [-0.15, -0.1) is 0 Å². The van der Waals surface area contributed by atoms with Crippen LogP contribution in [0.15, 0.2) is 35.5 Å². The summed E-state index contributed by atoms with van der Waals surface area (Å²) in [4.78, 5) is 4.21. The third-order valence-corrected chi connectivity index (χ3v) is 5.32. The Bertz CT molecular complexity index is 743. The molecule has 25 heavy (non-hydrogen) atoms. The van der Waals surface area contributed by atoms with Crippen LogP contribution in [0, 0.1) is 6.92 Å². The molecule has 1 unspecified atom stereocenters. The van der Waals surface area contributed by atoms with Gasteiger partial charge in [0.1, 0.15) is 17.0 Å². The fraction of sp³-hybridized carbons (Fsp3) is 0.471. The van der Waals surface area contributed by atoms with Gasteiger partial charge in [0, 0.05) is 39.0 Å². The summed E-state index contributed by atoms with van der Waals surface area (Å²) in [6, 6.07) is 1.74. The van der Waals surface area contributed by atoms with Crippen LogP contribution < -0.4 is 10.1 Å². The van der Waals surface area contributed by atoms with Crippen LogP contribution in [0.25, 0.3) is 0 Å². The SMILES string of the molecule is COCCCOc1ccnc(CS(=O)(=O)C2=CC=CC(OC)N2)c1C. The Kier molecular flexibility index (Phi) is 6.98. The molecule has 0 aliphatic carbocycles. The molecule has 0 bridgehead atoms. The van der Waals surface area contributed by atoms with Crippen LogP contribution in [-0.2, 0) is 25.1 Å². The number of hydrogen-bond acceptors (Lipinski definition) is 7. The number of nitrogens with zero attached hydrogens (tertiary/aromatic N) is 1. The third-order valence-electron chi connectivity index (χ3n) is 3.74. The van der Waals surface area contributed by atoms with Crippen LogP contribution in [0.2, 0.25) is 0 Å². The molecule has 1 aliphatic rings. The van der Waals surface area contributed by atoms with Gasteiger partial charge in [-0.25, -0.2) is 8.42 Å². The Balaban J connectivity index is 2.11. The van der Waals surface area contributed by atoms with Gasteiger partial charge in [-0.05, 0) is 25.1 Å². The zero-order valence-corrected chi connectivity index (χ0v) is 15.5. The molecule has 1 aliphatic heterocycles. The maximum atomic E-state index is 12.7. The standard InChI is InChI=1S/C17H24N2O5S/c1-13-14(18-9-8-15(13)24-11-5-10-22-2)12-25(20,21)17-7-4-6-16(19-17)23-3/h4,6-9,16,19H,5,10-12H2,1-3H3. The second-order valence-electron chi connectivity index (χ2n) is 5.55. The van der Waals surface area contributed by atoms with Gasteiger partial charge in [-0.1, -0.05) is 6.08 Å². The lowest BCUT2D eigenvalue weighted by atomic mass is 10.2. The molecule has 0 fully saturated rings. The number of pyridine rings is 1. The van der Waals surface area contributed by atoms with Crippen LogP contribution in [-0.4, -0.2) is 47.1 Å². The molecule has 138 valence electrons. The molecule has 1 N–H and O–H groups in total. The second-order valence-corrected chi connectivity index (χ2v) is 7.51. The lowest BCUT2D eigenvalue weighted by molar-refractivity contribution is 0.122. The predicted octanol–water partition coefficient (Wildman–Crippen LogP) is 1.69. The Morgan fingerprint density at radius 3 is 2.80 bits per heavy atom. The van der Waals surface area contributed by atoms with Crippen LogP contribution >= 0.6 is 0 Å². The first kappa shape index (κ1) is 19.4. The van der Waals surface area contributed by atoms with Crippen molar-refractivity contribution in [2.45, 2.75) is 25.3 Å². The quantitative estimate of drug-likeness (QED) is 0.664. The zero-order valence-electron chi connectivity index (χ0n) is 14.7. The Labute approximate surface area is 148 Å². The maximum Gasteiger partial charge on any atom is 0.199 e. The number of sulfone groups is 1. The van der Waals surface area contributed by atoms with Crippen molar-refractivity contribution in [1.29, 1.82) is 0 Å². The highest BCUT2D eigenvalue weighted by molar-refractivity contribution is 7.94. The van der Waals surface area contributed by atoms with Crippen molar-refractivity contribution in [3.8, 4) is 5.75 Å². The van der Waals surface area contributed by atoms with E-state index in [2.05, 4.69) is 10.3 Å². The van der Waals surface area contributed by atoms with Gasteiger partial charge in [-0.2, -0.15) is 0 Å². The minimum atomic E-state index is -3.57. The lowest BCUT2D eigenvalue weighted by Crippen LogP contribution is -2.34. The van der Waals surface area contributed by atoms with Gasteiger partial charge < -0.3 is 19.5 Å². The number of nitrogens with one attached hydrogen (secondary N) is 1. The van der Waals surface area contributed by atoms with E-state index in [0.29, 0.717) is 24.7 Å². The monoisotopic (exact) mass is 368 g/mol. The van der Waals surface area contributed by atoms with E-state index in [-0.39, 0.29) is 10.8 Å². The molecule has 0 spiro atoms. The van der Waals surface area contributed by atoms with E-state index >= 15 is 0 Å². The topological polar surface area (TPSA) is 86.8 Å². The smallest absolute Gasteiger partial charge is 0.199 e. The summed E-state index contributed by atoms with van der Waals surface area (Å²) in [6.07, 6.45) is 6.77. The van der Waals surface area contributed by atoms with Crippen LogP contribution in [0.4, 0.5) is 0 Å². The number of rotatable bonds is 9.